The van der Waals surface area contributed by atoms with Crippen LogP contribution < -0.4 is 15.4 Å². The first-order chi connectivity index (χ1) is 12.4. The summed E-state index contributed by atoms with van der Waals surface area (Å²) in [5.41, 5.74) is -0.840. The number of amides is 1. The van der Waals surface area contributed by atoms with Crippen LogP contribution in [0.25, 0.3) is 0 Å². The van der Waals surface area contributed by atoms with Gasteiger partial charge in [-0.05, 0) is 43.5 Å². The van der Waals surface area contributed by atoms with Gasteiger partial charge < -0.3 is 15.4 Å². The van der Waals surface area contributed by atoms with Crippen molar-refractivity contribution < 1.29 is 22.7 Å². The lowest BCUT2D eigenvalue weighted by Gasteiger charge is -2.20. The van der Waals surface area contributed by atoms with Crippen molar-refractivity contribution in [3.63, 3.8) is 0 Å². The number of hydrogen-bond donors (Lipinski definition) is 2. The molecule has 0 spiro atoms. The first-order valence-electron chi connectivity index (χ1n) is 8.41. The molecule has 1 amide bonds. The van der Waals surface area contributed by atoms with Gasteiger partial charge in [0.15, 0.2) is 5.06 Å². The van der Waals surface area contributed by atoms with Crippen molar-refractivity contribution in [1.29, 1.82) is 0 Å². The number of nitrogens with one attached hydrogen (secondary N) is 2. The quantitative estimate of drug-likeness (QED) is 0.834. The molecule has 1 aromatic carbocycles. The molecule has 0 saturated carbocycles. The van der Waals surface area contributed by atoms with Crippen LogP contribution in [-0.2, 0) is 6.18 Å². The van der Waals surface area contributed by atoms with Gasteiger partial charge in [-0.25, -0.2) is 0 Å². The van der Waals surface area contributed by atoms with Crippen molar-refractivity contribution in [1.82, 2.24) is 10.6 Å². The third-order valence-corrected chi connectivity index (χ3v) is 5.79. The number of ether oxygens (including phenoxy) is 1. The van der Waals surface area contributed by atoms with Gasteiger partial charge in [-0.15, -0.1) is 0 Å². The summed E-state index contributed by atoms with van der Waals surface area (Å²) in [5.74, 6) is -0.487. The molecule has 0 unspecified atom stereocenters. The Balaban J connectivity index is 1.44. The van der Waals surface area contributed by atoms with Crippen LogP contribution in [0.2, 0.25) is 0 Å². The second-order valence-corrected chi connectivity index (χ2v) is 7.62. The van der Waals surface area contributed by atoms with Gasteiger partial charge in [0.1, 0.15) is 5.75 Å². The molecule has 2 fully saturated rings. The summed E-state index contributed by atoms with van der Waals surface area (Å²) in [6.45, 7) is 0. The van der Waals surface area contributed by atoms with Crippen LogP contribution >= 0.6 is 11.3 Å². The highest BCUT2D eigenvalue weighted by Crippen LogP contribution is 2.39. The van der Waals surface area contributed by atoms with Gasteiger partial charge in [0, 0.05) is 18.1 Å². The lowest BCUT2D eigenvalue weighted by molar-refractivity contribution is -0.138. The van der Waals surface area contributed by atoms with E-state index in [0.717, 1.165) is 36.7 Å². The van der Waals surface area contributed by atoms with E-state index in [1.165, 1.54) is 24.3 Å². The number of benzene rings is 1. The number of thiophene rings is 1. The third-order valence-electron chi connectivity index (χ3n) is 4.82. The molecule has 4 rings (SSSR count). The highest BCUT2D eigenvalue weighted by molar-refractivity contribution is 7.15. The van der Waals surface area contributed by atoms with E-state index in [2.05, 4.69) is 10.6 Å². The lowest BCUT2D eigenvalue weighted by atomic mass is 9.95. The Labute approximate surface area is 152 Å². The van der Waals surface area contributed by atoms with Crippen LogP contribution in [0.5, 0.6) is 10.8 Å². The molecule has 4 nitrogen and oxygen atoms in total. The third kappa shape index (κ3) is 3.43. The minimum atomic E-state index is -4.50. The van der Waals surface area contributed by atoms with Gasteiger partial charge in [0.2, 0.25) is 0 Å². The first-order valence-corrected chi connectivity index (χ1v) is 9.22. The van der Waals surface area contributed by atoms with E-state index in [-0.39, 0.29) is 22.8 Å². The topological polar surface area (TPSA) is 50.4 Å². The maximum atomic E-state index is 13.0. The second kappa shape index (κ2) is 6.59. The molecular formula is C18H17F3N2O2S. The summed E-state index contributed by atoms with van der Waals surface area (Å²) in [5, 5.41) is 6.71. The molecule has 3 atom stereocenters. The van der Waals surface area contributed by atoms with E-state index >= 15 is 0 Å². The molecule has 26 heavy (non-hydrogen) atoms. The van der Waals surface area contributed by atoms with Crippen molar-refractivity contribution in [3.8, 4) is 10.8 Å². The van der Waals surface area contributed by atoms with Gasteiger partial charge in [-0.1, -0.05) is 23.5 Å². The summed E-state index contributed by atoms with van der Waals surface area (Å²) < 4.78 is 44.5. The number of halogens is 3. The van der Waals surface area contributed by atoms with Gasteiger partial charge in [0.05, 0.1) is 10.4 Å². The Morgan fingerprint density at radius 3 is 2.69 bits per heavy atom. The molecule has 2 aliphatic heterocycles. The monoisotopic (exact) mass is 382 g/mol. The molecule has 2 saturated heterocycles. The molecule has 0 radical (unpaired) electrons. The van der Waals surface area contributed by atoms with E-state index < -0.39 is 11.7 Å². The molecule has 8 heteroatoms. The maximum absolute atomic E-state index is 13.0. The molecular weight excluding hydrogens is 365 g/mol. The highest BCUT2D eigenvalue weighted by Gasteiger charge is 2.40. The minimum absolute atomic E-state index is 0.110. The van der Waals surface area contributed by atoms with E-state index in [4.69, 9.17) is 4.74 Å². The Hall–Kier alpha value is -2.06. The smallest absolute Gasteiger partial charge is 0.419 e. The number of para-hydroxylation sites is 1. The Kier molecular flexibility index (Phi) is 4.40. The predicted molar refractivity (Wildman–Crippen MR) is 91.7 cm³/mol. The van der Waals surface area contributed by atoms with Gasteiger partial charge in [-0.3, -0.25) is 4.79 Å². The summed E-state index contributed by atoms with van der Waals surface area (Å²) in [6, 6.07) is 9.03. The standard InChI is InChI=1S/C18H17F3N2O2S/c19-18(20,21)11-3-1-2-4-14(11)25-16-8-7-15(26-16)17(24)23-13-9-10-5-6-12(13)22-10/h1-4,7-8,10,12-13,22H,5-6,9H2,(H,23,24)/t10-,12+,13-/m1/s1. The van der Waals surface area contributed by atoms with Crippen LogP contribution in [0.15, 0.2) is 36.4 Å². The number of alkyl halides is 3. The lowest BCUT2D eigenvalue weighted by Crippen LogP contribution is -2.42. The van der Waals surface area contributed by atoms with E-state index in [0.29, 0.717) is 17.0 Å². The second-order valence-electron chi connectivity index (χ2n) is 6.58. The van der Waals surface area contributed by atoms with E-state index in [1.807, 2.05) is 0 Å². The zero-order valence-corrected chi connectivity index (χ0v) is 14.5. The molecule has 3 heterocycles. The summed E-state index contributed by atoms with van der Waals surface area (Å²) in [6.07, 6.45) is -1.37. The molecule has 2 aromatic rings. The van der Waals surface area contributed by atoms with Gasteiger partial charge >= 0.3 is 6.18 Å². The van der Waals surface area contributed by atoms with Crippen LogP contribution in [0.1, 0.15) is 34.5 Å². The SMILES string of the molecule is O=C(N[C@@H]1C[C@H]2CC[C@@H]1N2)c1ccc(Oc2ccccc2C(F)(F)F)s1. The zero-order chi connectivity index (χ0) is 18.3. The normalized spacial score (nSPS) is 24.7. The fourth-order valence-electron chi connectivity index (χ4n) is 3.62. The Bertz CT molecular complexity index is 821. The van der Waals surface area contributed by atoms with E-state index in [9.17, 15) is 18.0 Å². The van der Waals surface area contributed by atoms with E-state index in [1.54, 1.807) is 6.07 Å². The van der Waals surface area contributed by atoms with Gasteiger partial charge in [-0.2, -0.15) is 13.2 Å². The fourth-order valence-corrected chi connectivity index (χ4v) is 4.39. The van der Waals surface area contributed by atoms with Gasteiger partial charge in [0.25, 0.3) is 5.91 Å². The van der Waals surface area contributed by atoms with Crippen LogP contribution in [-0.4, -0.2) is 24.0 Å². The van der Waals surface area contributed by atoms with Crippen molar-refractivity contribution in [2.45, 2.75) is 43.6 Å². The predicted octanol–water partition coefficient (Wildman–Crippen LogP) is 4.18. The molecule has 0 aliphatic carbocycles. The maximum Gasteiger partial charge on any atom is 0.419 e. The average Bonchev–Trinajstić information content (AvgIpc) is 3.31. The number of hydrogen-bond acceptors (Lipinski definition) is 4. The van der Waals surface area contributed by atoms with Crippen molar-refractivity contribution >= 4 is 17.2 Å². The number of rotatable bonds is 4. The first kappa shape index (κ1) is 17.4. The number of carbonyl (C=O) groups excluding carboxylic acids is 1. The number of carbonyl (C=O) groups is 1. The molecule has 2 aliphatic rings. The summed E-state index contributed by atoms with van der Waals surface area (Å²) in [7, 11) is 0. The fraction of sp³-hybridized carbons (Fsp3) is 0.389. The average molecular weight is 382 g/mol. The molecule has 2 N–H and O–H groups in total. The molecule has 138 valence electrons. The summed E-state index contributed by atoms with van der Waals surface area (Å²) in [4.78, 5) is 12.8. The Morgan fingerprint density at radius 1 is 1.19 bits per heavy atom. The minimum Gasteiger partial charge on any atom is -0.446 e. The Morgan fingerprint density at radius 2 is 2.00 bits per heavy atom. The van der Waals surface area contributed by atoms with Crippen molar-refractivity contribution in [3.05, 3.63) is 46.8 Å². The molecule has 1 aromatic heterocycles. The van der Waals surface area contributed by atoms with Crippen LogP contribution in [0, 0.1) is 0 Å². The highest BCUT2D eigenvalue weighted by atomic mass is 32.1. The van der Waals surface area contributed by atoms with Crippen molar-refractivity contribution in [2.24, 2.45) is 0 Å². The largest absolute Gasteiger partial charge is 0.446 e. The zero-order valence-electron chi connectivity index (χ0n) is 13.7. The summed E-state index contributed by atoms with van der Waals surface area (Å²) >= 11 is 1.04. The number of fused-ring (bicyclic) bond motifs is 2. The van der Waals surface area contributed by atoms with Crippen LogP contribution in [0.4, 0.5) is 13.2 Å². The van der Waals surface area contributed by atoms with Crippen molar-refractivity contribution in [2.75, 3.05) is 0 Å². The molecule has 2 bridgehead atoms. The van der Waals surface area contributed by atoms with Crippen LogP contribution in [0.3, 0.4) is 0 Å².